The van der Waals surface area contributed by atoms with Gasteiger partial charge in [-0.1, -0.05) is 38.1 Å². The van der Waals surface area contributed by atoms with Crippen LogP contribution in [0.25, 0.3) is 0 Å². The average Bonchev–Trinajstić information content (AvgIpc) is 3.07. The van der Waals surface area contributed by atoms with Crippen molar-refractivity contribution in [3.63, 3.8) is 0 Å². The summed E-state index contributed by atoms with van der Waals surface area (Å²) in [6.45, 7) is 4.43. The van der Waals surface area contributed by atoms with E-state index in [-0.39, 0.29) is 36.1 Å². The van der Waals surface area contributed by atoms with Gasteiger partial charge in [0.15, 0.2) is 0 Å². The summed E-state index contributed by atoms with van der Waals surface area (Å²) in [5.41, 5.74) is 2.27. The first-order valence-electron chi connectivity index (χ1n) is 9.33. The van der Waals surface area contributed by atoms with Gasteiger partial charge in [0.05, 0.1) is 22.3 Å². The predicted octanol–water partition coefficient (Wildman–Crippen LogP) is 2.78. The predicted molar refractivity (Wildman–Crippen MR) is 102 cm³/mol. The smallest absolute Gasteiger partial charge is 0.261 e. The summed E-state index contributed by atoms with van der Waals surface area (Å²) in [7, 11) is 0. The zero-order valence-corrected chi connectivity index (χ0v) is 15.8. The Morgan fingerprint density at radius 3 is 1.89 bits per heavy atom. The summed E-state index contributed by atoms with van der Waals surface area (Å²) in [6, 6.07) is 11.9. The molecular formula is C22H20N2O4. The third-order valence-electron chi connectivity index (χ3n) is 5.12. The molecular weight excluding hydrogens is 356 g/mol. The lowest BCUT2D eigenvalue weighted by Crippen LogP contribution is -2.33. The quantitative estimate of drug-likeness (QED) is 0.752. The molecule has 0 spiro atoms. The molecule has 0 fully saturated rings. The molecule has 4 rings (SSSR count). The lowest BCUT2D eigenvalue weighted by molar-refractivity contribution is 0.0631. The van der Waals surface area contributed by atoms with Crippen LogP contribution in [0.2, 0.25) is 0 Å². The van der Waals surface area contributed by atoms with Crippen molar-refractivity contribution in [3.05, 3.63) is 70.3 Å². The summed E-state index contributed by atoms with van der Waals surface area (Å²) >= 11 is 0. The molecule has 0 aromatic heterocycles. The number of fused-ring (bicyclic) bond motifs is 2. The molecule has 2 aromatic rings. The van der Waals surface area contributed by atoms with Gasteiger partial charge >= 0.3 is 0 Å². The molecule has 0 atom stereocenters. The van der Waals surface area contributed by atoms with E-state index in [1.54, 1.807) is 42.5 Å². The molecule has 2 aromatic carbocycles. The zero-order chi connectivity index (χ0) is 20.0. The molecule has 142 valence electrons. The van der Waals surface area contributed by atoms with Gasteiger partial charge in [0, 0.05) is 13.1 Å². The van der Waals surface area contributed by atoms with E-state index in [1.807, 2.05) is 13.8 Å². The second-order valence-electron chi connectivity index (χ2n) is 7.51. The number of hydrogen-bond donors (Lipinski definition) is 0. The van der Waals surface area contributed by atoms with E-state index in [9.17, 15) is 19.2 Å². The minimum absolute atomic E-state index is 0.161. The van der Waals surface area contributed by atoms with E-state index < -0.39 is 0 Å². The standard InChI is InChI=1S/C22H20N2O4/c1-13(2)12-24-21(27)17-9-5-6-14(18(17)22(24)28)10-11-23-19(25)15-7-3-4-8-16(15)20(23)26/h3-9,13H,10-12H2,1-2H3. The Morgan fingerprint density at radius 1 is 0.714 bits per heavy atom. The van der Waals surface area contributed by atoms with E-state index in [1.165, 1.54) is 9.80 Å². The van der Waals surface area contributed by atoms with Gasteiger partial charge in [-0.15, -0.1) is 0 Å². The molecule has 0 saturated heterocycles. The Kier molecular flexibility index (Phi) is 4.34. The monoisotopic (exact) mass is 376 g/mol. The van der Waals surface area contributed by atoms with Gasteiger partial charge < -0.3 is 0 Å². The molecule has 0 unspecified atom stereocenters. The van der Waals surface area contributed by atoms with Gasteiger partial charge in [-0.05, 0) is 36.1 Å². The van der Waals surface area contributed by atoms with Crippen molar-refractivity contribution in [2.24, 2.45) is 5.92 Å². The minimum Gasteiger partial charge on any atom is -0.274 e. The van der Waals surface area contributed by atoms with Crippen LogP contribution in [-0.4, -0.2) is 46.5 Å². The van der Waals surface area contributed by atoms with E-state index in [0.29, 0.717) is 40.8 Å². The number of imide groups is 2. The fourth-order valence-corrected chi connectivity index (χ4v) is 3.82. The van der Waals surface area contributed by atoms with E-state index in [4.69, 9.17) is 0 Å². The molecule has 0 aliphatic carbocycles. The fraction of sp³-hybridized carbons (Fsp3) is 0.273. The topological polar surface area (TPSA) is 74.8 Å². The van der Waals surface area contributed by atoms with Crippen LogP contribution in [0.4, 0.5) is 0 Å². The number of nitrogens with zero attached hydrogens (tertiary/aromatic N) is 2. The maximum absolute atomic E-state index is 12.8. The second kappa shape index (κ2) is 6.71. The summed E-state index contributed by atoms with van der Waals surface area (Å²) in [6.07, 6.45) is 0.323. The van der Waals surface area contributed by atoms with Crippen molar-refractivity contribution >= 4 is 23.6 Å². The highest BCUT2D eigenvalue weighted by molar-refractivity contribution is 6.22. The summed E-state index contributed by atoms with van der Waals surface area (Å²) < 4.78 is 0. The first kappa shape index (κ1) is 18.1. The van der Waals surface area contributed by atoms with Gasteiger partial charge in [0.25, 0.3) is 23.6 Å². The minimum atomic E-state index is -0.322. The van der Waals surface area contributed by atoms with Gasteiger partial charge in [-0.25, -0.2) is 0 Å². The SMILES string of the molecule is CC(C)CN1C(=O)c2cccc(CCN3C(=O)c4ccccc4C3=O)c2C1=O. The van der Waals surface area contributed by atoms with E-state index in [0.717, 1.165) is 0 Å². The lowest BCUT2D eigenvalue weighted by atomic mass is 10.00. The first-order valence-corrected chi connectivity index (χ1v) is 9.33. The molecule has 0 saturated carbocycles. The van der Waals surface area contributed by atoms with E-state index >= 15 is 0 Å². The normalized spacial score (nSPS) is 15.7. The van der Waals surface area contributed by atoms with Gasteiger partial charge in [0.1, 0.15) is 0 Å². The Morgan fingerprint density at radius 2 is 1.29 bits per heavy atom. The third-order valence-corrected chi connectivity index (χ3v) is 5.12. The zero-order valence-electron chi connectivity index (χ0n) is 15.8. The van der Waals surface area contributed by atoms with Crippen molar-refractivity contribution in [1.29, 1.82) is 0 Å². The van der Waals surface area contributed by atoms with Crippen molar-refractivity contribution in [2.75, 3.05) is 13.1 Å². The Labute approximate surface area is 162 Å². The van der Waals surface area contributed by atoms with Crippen LogP contribution >= 0.6 is 0 Å². The van der Waals surface area contributed by atoms with Crippen LogP contribution in [0.1, 0.15) is 60.8 Å². The number of rotatable bonds is 5. The Balaban J connectivity index is 1.58. The number of carbonyl (C=O) groups excluding carboxylic acids is 4. The molecule has 6 heteroatoms. The van der Waals surface area contributed by atoms with Crippen LogP contribution in [0.5, 0.6) is 0 Å². The molecule has 4 amide bonds. The lowest BCUT2D eigenvalue weighted by Gasteiger charge is -2.17. The molecule has 6 nitrogen and oxygen atoms in total. The van der Waals surface area contributed by atoms with Crippen molar-refractivity contribution in [1.82, 2.24) is 9.80 Å². The third kappa shape index (κ3) is 2.72. The molecule has 2 heterocycles. The fourth-order valence-electron chi connectivity index (χ4n) is 3.82. The average molecular weight is 376 g/mol. The van der Waals surface area contributed by atoms with Crippen LogP contribution in [-0.2, 0) is 6.42 Å². The number of hydrogen-bond acceptors (Lipinski definition) is 4. The second-order valence-corrected chi connectivity index (χ2v) is 7.51. The molecule has 28 heavy (non-hydrogen) atoms. The molecule has 0 bridgehead atoms. The maximum Gasteiger partial charge on any atom is 0.261 e. The number of carbonyl (C=O) groups is 4. The maximum atomic E-state index is 12.8. The molecule has 0 N–H and O–H groups in total. The molecule has 2 aliphatic heterocycles. The van der Waals surface area contributed by atoms with Crippen LogP contribution in [0, 0.1) is 5.92 Å². The number of amides is 4. The van der Waals surface area contributed by atoms with Crippen LogP contribution in [0.15, 0.2) is 42.5 Å². The first-order chi connectivity index (χ1) is 13.4. The van der Waals surface area contributed by atoms with Gasteiger partial charge in [0.2, 0.25) is 0 Å². The highest BCUT2D eigenvalue weighted by atomic mass is 16.2. The van der Waals surface area contributed by atoms with Gasteiger partial charge in [-0.2, -0.15) is 0 Å². The Bertz CT molecular complexity index is 990. The summed E-state index contributed by atoms with van der Waals surface area (Å²) in [4.78, 5) is 53.0. The van der Waals surface area contributed by atoms with Crippen LogP contribution in [0.3, 0.4) is 0 Å². The largest absolute Gasteiger partial charge is 0.274 e. The molecule has 2 aliphatic rings. The summed E-state index contributed by atoms with van der Waals surface area (Å²) in [5, 5.41) is 0. The van der Waals surface area contributed by atoms with Crippen molar-refractivity contribution in [3.8, 4) is 0 Å². The summed E-state index contributed by atoms with van der Waals surface area (Å²) in [5.74, 6) is -1.05. The van der Waals surface area contributed by atoms with Crippen molar-refractivity contribution < 1.29 is 19.2 Å². The Hall–Kier alpha value is -3.28. The van der Waals surface area contributed by atoms with E-state index in [2.05, 4.69) is 0 Å². The van der Waals surface area contributed by atoms with Crippen molar-refractivity contribution in [2.45, 2.75) is 20.3 Å². The number of benzene rings is 2. The van der Waals surface area contributed by atoms with Crippen LogP contribution < -0.4 is 0 Å². The highest BCUT2D eigenvalue weighted by Crippen LogP contribution is 2.28. The van der Waals surface area contributed by atoms with Gasteiger partial charge in [-0.3, -0.25) is 29.0 Å². The molecule has 0 radical (unpaired) electrons. The highest BCUT2D eigenvalue weighted by Gasteiger charge is 2.38.